The first kappa shape index (κ1) is 15.3. The van der Waals surface area contributed by atoms with Gasteiger partial charge in [0, 0.05) is 23.5 Å². The Morgan fingerprint density at radius 3 is 2.62 bits per heavy atom. The molecule has 0 atom stereocenters. The van der Waals surface area contributed by atoms with Crippen LogP contribution in [-0.2, 0) is 0 Å². The molecule has 0 spiro atoms. The lowest BCUT2D eigenvalue weighted by molar-refractivity contribution is 0.0313. The van der Waals surface area contributed by atoms with Crippen LogP contribution >= 0.6 is 0 Å². The summed E-state index contributed by atoms with van der Waals surface area (Å²) in [6.45, 7) is 3.90. The van der Waals surface area contributed by atoms with Gasteiger partial charge in [-0.2, -0.15) is 0 Å². The molecule has 0 saturated carbocycles. The number of fused-ring (bicyclic) bond motifs is 1. The standard InChI is InChI=1S/C16H20N2O3/c1-3-16(21,4-2)10-17-15(20)13-9-14(19)11-7-5-6-8-12(11)18-13/h5-9,21H,3-4,10H2,1-2H3,(H,17,20)(H,18,19). The third-order valence-electron chi connectivity index (χ3n) is 3.88. The summed E-state index contributed by atoms with van der Waals surface area (Å²) < 4.78 is 0. The van der Waals surface area contributed by atoms with Crippen molar-refractivity contribution in [3.8, 4) is 0 Å². The van der Waals surface area contributed by atoms with Crippen LogP contribution < -0.4 is 10.7 Å². The average molecular weight is 288 g/mol. The van der Waals surface area contributed by atoms with Crippen molar-refractivity contribution in [2.24, 2.45) is 0 Å². The lowest BCUT2D eigenvalue weighted by Crippen LogP contribution is -2.42. The summed E-state index contributed by atoms with van der Waals surface area (Å²) >= 11 is 0. The number of carbonyl (C=O) groups excluding carboxylic acids is 1. The van der Waals surface area contributed by atoms with Gasteiger partial charge in [0.1, 0.15) is 5.69 Å². The third kappa shape index (κ3) is 3.31. The number of hydrogen-bond acceptors (Lipinski definition) is 3. The molecular formula is C16H20N2O3. The topological polar surface area (TPSA) is 82.2 Å². The van der Waals surface area contributed by atoms with E-state index in [1.807, 2.05) is 13.8 Å². The van der Waals surface area contributed by atoms with Crippen molar-refractivity contribution >= 4 is 16.8 Å². The minimum absolute atomic E-state index is 0.160. The van der Waals surface area contributed by atoms with Crippen molar-refractivity contribution < 1.29 is 9.90 Å². The summed E-state index contributed by atoms with van der Waals surface area (Å²) in [6.07, 6.45) is 1.11. The Labute approximate surface area is 123 Å². The second kappa shape index (κ2) is 6.10. The van der Waals surface area contributed by atoms with Gasteiger partial charge in [-0.25, -0.2) is 0 Å². The lowest BCUT2D eigenvalue weighted by Gasteiger charge is -2.25. The molecule has 1 heterocycles. The zero-order chi connectivity index (χ0) is 15.5. The largest absolute Gasteiger partial charge is 0.388 e. The predicted molar refractivity (Wildman–Crippen MR) is 82.4 cm³/mol. The van der Waals surface area contributed by atoms with Crippen LogP contribution in [0.1, 0.15) is 37.2 Å². The highest BCUT2D eigenvalue weighted by Gasteiger charge is 2.23. The maximum atomic E-state index is 12.1. The molecular weight excluding hydrogens is 268 g/mol. The number of pyridine rings is 1. The van der Waals surface area contributed by atoms with Crippen LogP contribution in [0.25, 0.3) is 10.9 Å². The zero-order valence-corrected chi connectivity index (χ0v) is 12.3. The van der Waals surface area contributed by atoms with Gasteiger partial charge in [-0.05, 0) is 25.0 Å². The molecule has 2 aromatic rings. The quantitative estimate of drug-likeness (QED) is 0.784. The van der Waals surface area contributed by atoms with Crippen LogP contribution in [0.4, 0.5) is 0 Å². The van der Waals surface area contributed by atoms with E-state index in [4.69, 9.17) is 0 Å². The third-order valence-corrected chi connectivity index (χ3v) is 3.88. The van der Waals surface area contributed by atoms with Gasteiger partial charge in [0.15, 0.2) is 5.43 Å². The molecule has 0 aliphatic rings. The van der Waals surface area contributed by atoms with E-state index < -0.39 is 11.5 Å². The van der Waals surface area contributed by atoms with E-state index in [2.05, 4.69) is 10.3 Å². The Kier molecular flexibility index (Phi) is 4.43. The lowest BCUT2D eigenvalue weighted by atomic mass is 9.97. The predicted octanol–water partition coefficient (Wildman–Crippen LogP) is 1.81. The van der Waals surface area contributed by atoms with Crippen LogP contribution in [0.5, 0.6) is 0 Å². The molecule has 2 rings (SSSR count). The molecule has 1 aromatic carbocycles. The Balaban J connectivity index is 2.22. The van der Waals surface area contributed by atoms with Gasteiger partial charge in [-0.15, -0.1) is 0 Å². The summed E-state index contributed by atoms with van der Waals surface area (Å²) in [5.41, 5.74) is -0.285. The normalized spacial score (nSPS) is 11.6. The van der Waals surface area contributed by atoms with Crippen LogP contribution in [0, 0.1) is 0 Å². The second-order valence-corrected chi connectivity index (χ2v) is 5.21. The molecule has 1 amide bonds. The number of H-pyrrole nitrogens is 1. The highest BCUT2D eigenvalue weighted by molar-refractivity contribution is 5.94. The van der Waals surface area contributed by atoms with Crippen molar-refractivity contribution in [3.63, 3.8) is 0 Å². The van der Waals surface area contributed by atoms with E-state index >= 15 is 0 Å². The Hall–Kier alpha value is -2.14. The molecule has 0 aliphatic heterocycles. The Morgan fingerprint density at radius 2 is 1.95 bits per heavy atom. The fraction of sp³-hybridized carbons (Fsp3) is 0.375. The SMILES string of the molecule is CCC(O)(CC)CNC(=O)c1cc(=O)c2ccccc2[nH]1. The van der Waals surface area contributed by atoms with Crippen molar-refractivity contribution in [2.45, 2.75) is 32.3 Å². The molecule has 0 saturated heterocycles. The van der Waals surface area contributed by atoms with Gasteiger partial charge in [-0.1, -0.05) is 26.0 Å². The van der Waals surface area contributed by atoms with Gasteiger partial charge >= 0.3 is 0 Å². The van der Waals surface area contributed by atoms with E-state index in [1.165, 1.54) is 6.07 Å². The molecule has 1 aromatic heterocycles. The van der Waals surface area contributed by atoms with Crippen molar-refractivity contribution in [3.05, 3.63) is 46.2 Å². The monoisotopic (exact) mass is 288 g/mol. The summed E-state index contributed by atoms with van der Waals surface area (Å²) in [6, 6.07) is 8.33. The van der Waals surface area contributed by atoms with Crippen molar-refractivity contribution in [1.82, 2.24) is 10.3 Å². The highest BCUT2D eigenvalue weighted by atomic mass is 16.3. The smallest absolute Gasteiger partial charge is 0.267 e. The molecule has 0 bridgehead atoms. The van der Waals surface area contributed by atoms with Crippen LogP contribution in [-0.4, -0.2) is 28.1 Å². The molecule has 5 nitrogen and oxygen atoms in total. The summed E-state index contributed by atoms with van der Waals surface area (Å²) in [4.78, 5) is 27.0. The van der Waals surface area contributed by atoms with Gasteiger partial charge in [-0.3, -0.25) is 9.59 Å². The van der Waals surface area contributed by atoms with Crippen LogP contribution in [0.2, 0.25) is 0 Å². The summed E-state index contributed by atoms with van der Waals surface area (Å²) in [5.74, 6) is -0.391. The van der Waals surface area contributed by atoms with E-state index in [0.29, 0.717) is 23.7 Å². The maximum absolute atomic E-state index is 12.1. The number of nitrogens with one attached hydrogen (secondary N) is 2. The van der Waals surface area contributed by atoms with E-state index in [-0.39, 0.29) is 17.7 Å². The fourth-order valence-electron chi connectivity index (χ4n) is 2.16. The summed E-state index contributed by atoms with van der Waals surface area (Å²) in [7, 11) is 0. The molecule has 0 unspecified atom stereocenters. The molecule has 21 heavy (non-hydrogen) atoms. The molecule has 0 aliphatic carbocycles. The molecule has 0 fully saturated rings. The van der Waals surface area contributed by atoms with Crippen LogP contribution in [0.3, 0.4) is 0 Å². The molecule has 5 heteroatoms. The van der Waals surface area contributed by atoms with Gasteiger partial charge in [0.2, 0.25) is 0 Å². The maximum Gasteiger partial charge on any atom is 0.267 e. The van der Waals surface area contributed by atoms with E-state index in [1.54, 1.807) is 24.3 Å². The first-order valence-electron chi connectivity index (χ1n) is 7.11. The number of benzene rings is 1. The molecule has 0 radical (unpaired) electrons. The van der Waals surface area contributed by atoms with Gasteiger partial charge in [0.05, 0.1) is 5.60 Å². The number of hydrogen-bond donors (Lipinski definition) is 3. The van der Waals surface area contributed by atoms with Crippen molar-refractivity contribution in [2.75, 3.05) is 6.54 Å². The average Bonchev–Trinajstić information content (AvgIpc) is 2.52. The number of aromatic nitrogens is 1. The van der Waals surface area contributed by atoms with E-state index in [9.17, 15) is 14.7 Å². The van der Waals surface area contributed by atoms with Gasteiger partial charge < -0.3 is 15.4 Å². The molecule has 3 N–H and O–H groups in total. The number of aliphatic hydroxyl groups is 1. The Morgan fingerprint density at radius 1 is 1.29 bits per heavy atom. The number of carbonyl (C=O) groups is 1. The number of amides is 1. The van der Waals surface area contributed by atoms with Gasteiger partial charge in [0.25, 0.3) is 5.91 Å². The van der Waals surface area contributed by atoms with Crippen LogP contribution in [0.15, 0.2) is 35.1 Å². The number of rotatable bonds is 5. The number of para-hydroxylation sites is 1. The van der Waals surface area contributed by atoms with E-state index in [0.717, 1.165) is 0 Å². The summed E-state index contributed by atoms with van der Waals surface area (Å²) in [5, 5.41) is 13.4. The minimum Gasteiger partial charge on any atom is -0.388 e. The fourth-order valence-corrected chi connectivity index (χ4v) is 2.16. The molecule has 112 valence electrons. The zero-order valence-electron chi connectivity index (χ0n) is 12.3. The van der Waals surface area contributed by atoms with Crippen molar-refractivity contribution in [1.29, 1.82) is 0 Å². The first-order valence-corrected chi connectivity index (χ1v) is 7.11. The second-order valence-electron chi connectivity index (χ2n) is 5.21. The minimum atomic E-state index is -0.910. The highest BCUT2D eigenvalue weighted by Crippen LogP contribution is 2.13. The first-order chi connectivity index (χ1) is 9.99. The Bertz CT molecular complexity index is 702. The number of aromatic amines is 1.